The summed E-state index contributed by atoms with van der Waals surface area (Å²) in [5, 5.41) is 0. The monoisotopic (exact) mass is 178 g/mol. The van der Waals surface area contributed by atoms with Crippen LogP contribution >= 0.6 is 0 Å². The van der Waals surface area contributed by atoms with E-state index >= 15 is 0 Å². The highest BCUT2D eigenvalue weighted by molar-refractivity contribution is 5.01. The lowest BCUT2D eigenvalue weighted by Crippen LogP contribution is -1.84. The molecule has 13 heavy (non-hydrogen) atoms. The summed E-state index contributed by atoms with van der Waals surface area (Å²) in [5.74, 6) is 7.51. The van der Waals surface area contributed by atoms with E-state index in [4.69, 9.17) is 4.74 Å². The molecule has 0 atom stereocenters. The summed E-state index contributed by atoms with van der Waals surface area (Å²) in [4.78, 5) is 0. The van der Waals surface area contributed by atoms with Crippen molar-refractivity contribution in [1.82, 2.24) is 0 Å². The highest BCUT2D eigenvalue weighted by Crippen LogP contribution is 2.15. The molecule has 0 N–H and O–H groups in total. The van der Waals surface area contributed by atoms with E-state index in [0.717, 1.165) is 38.7 Å². The topological polar surface area (TPSA) is 9.23 Å². The number of ether oxygens (including phenoxy) is 1. The molecule has 1 nitrogen and oxygen atoms in total. The minimum absolute atomic E-state index is 0.886. The van der Waals surface area contributed by atoms with Crippen molar-refractivity contribution in [1.29, 1.82) is 0 Å². The Bertz CT molecular complexity index is 217. The molecule has 0 radical (unpaired) electrons. The van der Waals surface area contributed by atoms with Gasteiger partial charge in [0.15, 0.2) is 0 Å². The third-order valence-electron chi connectivity index (χ3n) is 2.00. The Kier molecular flexibility index (Phi) is 5.17. The molecule has 0 saturated heterocycles. The fraction of sp³-hybridized carbons (Fsp3) is 0.667. The first-order valence-corrected chi connectivity index (χ1v) is 5.21. The standard InChI is InChI=1S/C12H18O/c1-2-3-4-5-6-7-9-12-10-8-11-13-12/h10H,2-3,6-9,11H2,1H3. The highest BCUT2D eigenvalue weighted by atomic mass is 16.5. The van der Waals surface area contributed by atoms with Gasteiger partial charge in [0.05, 0.1) is 12.4 Å². The molecule has 0 saturated carbocycles. The minimum atomic E-state index is 0.886. The second-order valence-corrected chi connectivity index (χ2v) is 3.26. The van der Waals surface area contributed by atoms with Gasteiger partial charge in [-0.2, -0.15) is 0 Å². The summed E-state index contributed by atoms with van der Waals surface area (Å²) in [5.41, 5.74) is 0. The maximum absolute atomic E-state index is 5.39. The Morgan fingerprint density at radius 1 is 1.38 bits per heavy atom. The van der Waals surface area contributed by atoms with Gasteiger partial charge < -0.3 is 4.74 Å². The first-order valence-electron chi connectivity index (χ1n) is 5.21. The summed E-state index contributed by atoms with van der Waals surface area (Å²) in [6, 6.07) is 0. The van der Waals surface area contributed by atoms with Gasteiger partial charge in [-0.15, -0.1) is 11.8 Å². The fourth-order valence-electron chi connectivity index (χ4n) is 1.30. The molecule has 0 fully saturated rings. The van der Waals surface area contributed by atoms with Crippen LogP contribution in [0.15, 0.2) is 11.8 Å². The van der Waals surface area contributed by atoms with Crippen molar-refractivity contribution < 1.29 is 4.74 Å². The average molecular weight is 178 g/mol. The smallest absolute Gasteiger partial charge is 0.0921 e. The molecule has 1 heterocycles. The molecule has 0 aromatic carbocycles. The third-order valence-corrected chi connectivity index (χ3v) is 2.00. The van der Waals surface area contributed by atoms with Crippen molar-refractivity contribution in [2.24, 2.45) is 0 Å². The van der Waals surface area contributed by atoms with E-state index in [2.05, 4.69) is 24.8 Å². The molecule has 1 aliphatic rings. The van der Waals surface area contributed by atoms with E-state index in [9.17, 15) is 0 Å². The predicted octanol–water partition coefficient (Wildman–Crippen LogP) is 3.26. The third kappa shape index (κ3) is 4.62. The number of hydrogen-bond acceptors (Lipinski definition) is 1. The number of allylic oxidation sites excluding steroid dienone is 1. The van der Waals surface area contributed by atoms with Crippen LogP contribution in [0.5, 0.6) is 0 Å². The summed E-state index contributed by atoms with van der Waals surface area (Å²) >= 11 is 0. The van der Waals surface area contributed by atoms with Gasteiger partial charge in [0.2, 0.25) is 0 Å². The lowest BCUT2D eigenvalue weighted by Gasteiger charge is -2.00. The van der Waals surface area contributed by atoms with Crippen LogP contribution in [0.4, 0.5) is 0 Å². The second kappa shape index (κ2) is 6.60. The van der Waals surface area contributed by atoms with Crippen LogP contribution in [0.25, 0.3) is 0 Å². The number of hydrogen-bond donors (Lipinski definition) is 0. The summed E-state index contributed by atoms with van der Waals surface area (Å²) in [6.45, 7) is 3.04. The fourth-order valence-corrected chi connectivity index (χ4v) is 1.30. The van der Waals surface area contributed by atoms with Gasteiger partial charge >= 0.3 is 0 Å². The molecule has 72 valence electrons. The van der Waals surface area contributed by atoms with Crippen molar-refractivity contribution in [3.8, 4) is 11.8 Å². The van der Waals surface area contributed by atoms with E-state index < -0.39 is 0 Å². The Balaban J connectivity index is 1.98. The van der Waals surface area contributed by atoms with E-state index in [1.807, 2.05) is 0 Å². The van der Waals surface area contributed by atoms with Gasteiger partial charge in [-0.05, 0) is 18.9 Å². The van der Waals surface area contributed by atoms with Crippen LogP contribution in [0.3, 0.4) is 0 Å². The number of rotatable bonds is 4. The minimum Gasteiger partial charge on any atom is -0.498 e. The summed E-state index contributed by atoms with van der Waals surface area (Å²) in [6.07, 6.45) is 8.72. The van der Waals surface area contributed by atoms with Crippen LogP contribution < -0.4 is 0 Å². The van der Waals surface area contributed by atoms with Crippen LogP contribution in [-0.2, 0) is 4.74 Å². The van der Waals surface area contributed by atoms with Gasteiger partial charge in [-0.1, -0.05) is 6.92 Å². The normalized spacial score (nSPS) is 14.4. The number of unbranched alkanes of at least 4 members (excludes halogenated alkanes) is 2. The Morgan fingerprint density at radius 2 is 2.23 bits per heavy atom. The quantitative estimate of drug-likeness (QED) is 0.474. The van der Waals surface area contributed by atoms with Crippen LogP contribution in [0, 0.1) is 11.8 Å². The first-order chi connectivity index (χ1) is 6.43. The first kappa shape index (κ1) is 10.2. The molecule has 0 aromatic rings. The Hall–Kier alpha value is -0.900. The molecule has 0 amide bonds. The molecule has 0 aliphatic carbocycles. The Morgan fingerprint density at radius 3 is 2.92 bits per heavy atom. The van der Waals surface area contributed by atoms with E-state index in [1.165, 1.54) is 12.2 Å². The van der Waals surface area contributed by atoms with Gasteiger partial charge in [-0.25, -0.2) is 0 Å². The maximum atomic E-state index is 5.39. The van der Waals surface area contributed by atoms with E-state index in [1.54, 1.807) is 0 Å². The zero-order valence-corrected chi connectivity index (χ0v) is 8.44. The second-order valence-electron chi connectivity index (χ2n) is 3.26. The molecular weight excluding hydrogens is 160 g/mol. The predicted molar refractivity (Wildman–Crippen MR) is 55.2 cm³/mol. The van der Waals surface area contributed by atoms with Crippen LogP contribution in [-0.4, -0.2) is 6.61 Å². The van der Waals surface area contributed by atoms with Crippen molar-refractivity contribution in [3.05, 3.63) is 11.8 Å². The van der Waals surface area contributed by atoms with Crippen molar-refractivity contribution in [2.45, 2.75) is 45.4 Å². The lowest BCUT2D eigenvalue weighted by atomic mass is 10.2. The molecular formula is C12H18O. The molecule has 1 heteroatoms. The molecule has 1 aliphatic heterocycles. The molecule has 0 aromatic heterocycles. The van der Waals surface area contributed by atoms with Crippen LogP contribution in [0.2, 0.25) is 0 Å². The molecule has 0 spiro atoms. The van der Waals surface area contributed by atoms with E-state index in [0.29, 0.717) is 0 Å². The molecule has 1 rings (SSSR count). The summed E-state index contributed by atoms with van der Waals surface area (Å²) in [7, 11) is 0. The van der Waals surface area contributed by atoms with E-state index in [-0.39, 0.29) is 0 Å². The van der Waals surface area contributed by atoms with Gasteiger partial charge in [-0.3, -0.25) is 0 Å². The van der Waals surface area contributed by atoms with Crippen molar-refractivity contribution in [2.75, 3.05) is 6.61 Å². The Labute approximate surface area is 81.2 Å². The average Bonchev–Trinajstić information content (AvgIpc) is 2.63. The van der Waals surface area contributed by atoms with Gasteiger partial charge in [0.1, 0.15) is 0 Å². The highest BCUT2D eigenvalue weighted by Gasteiger charge is 2.03. The summed E-state index contributed by atoms with van der Waals surface area (Å²) < 4.78 is 5.39. The van der Waals surface area contributed by atoms with Crippen molar-refractivity contribution in [3.63, 3.8) is 0 Å². The lowest BCUT2D eigenvalue weighted by molar-refractivity contribution is 0.233. The SMILES string of the molecule is CCCC#CCCCC1=CCCO1. The largest absolute Gasteiger partial charge is 0.498 e. The maximum Gasteiger partial charge on any atom is 0.0921 e. The molecule has 0 unspecified atom stereocenters. The zero-order valence-electron chi connectivity index (χ0n) is 8.44. The van der Waals surface area contributed by atoms with Gasteiger partial charge in [0, 0.05) is 25.7 Å². The van der Waals surface area contributed by atoms with Gasteiger partial charge in [0.25, 0.3) is 0 Å². The molecule has 0 bridgehead atoms. The zero-order chi connectivity index (χ0) is 9.36. The van der Waals surface area contributed by atoms with Crippen LogP contribution in [0.1, 0.15) is 45.4 Å². The van der Waals surface area contributed by atoms with Crippen molar-refractivity contribution >= 4 is 0 Å².